The monoisotopic (exact) mass is 419 g/mol. The number of rotatable bonds is 5. The van der Waals surface area contributed by atoms with E-state index in [1.807, 2.05) is 18.2 Å². The molecule has 3 nitrogen and oxygen atoms in total. The summed E-state index contributed by atoms with van der Waals surface area (Å²) in [7, 11) is 3.26. The zero-order valence-corrected chi connectivity index (χ0v) is 15.1. The Hall–Kier alpha value is -0.560. The Bertz CT molecular complexity index is 581. The summed E-state index contributed by atoms with van der Waals surface area (Å²) in [4.78, 5) is 1.14. The summed E-state index contributed by atoms with van der Waals surface area (Å²) in [5.41, 5.74) is 7.39. The third-order valence-corrected chi connectivity index (χ3v) is 6.32. The van der Waals surface area contributed by atoms with Crippen molar-refractivity contribution in [1.82, 2.24) is 0 Å². The molecule has 0 bridgehead atoms. The smallest absolute Gasteiger partial charge is 0.160 e. The summed E-state index contributed by atoms with van der Waals surface area (Å²) in [6.07, 6.45) is 0.750. The van der Waals surface area contributed by atoms with Crippen LogP contribution in [-0.4, -0.2) is 14.2 Å². The van der Waals surface area contributed by atoms with Crippen LogP contribution in [0.15, 0.2) is 32.5 Å². The van der Waals surface area contributed by atoms with Gasteiger partial charge in [-0.05, 0) is 62.0 Å². The number of benzene rings is 1. The highest BCUT2D eigenvalue weighted by atomic mass is 79.9. The fraction of sp³-hybridized carbons (Fsp3) is 0.286. The average Bonchev–Trinajstić information content (AvgIpc) is 2.78. The van der Waals surface area contributed by atoms with Gasteiger partial charge in [-0.1, -0.05) is 6.07 Å². The molecule has 1 heterocycles. The van der Waals surface area contributed by atoms with Crippen molar-refractivity contribution in [1.29, 1.82) is 0 Å². The van der Waals surface area contributed by atoms with Crippen LogP contribution in [0.25, 0.3) is 0 Å². The fourth-order valence-electron chi connectivity index (χ4n) is 1.91. The number of thiophene rings is 1. The van der Waals surface area contributed by atoms with Crippen molar-refractivity contribution >= 4 is 43.2 Å². The lowest BCUT2D eigenvalue weighted by Gasteiger charge is -2.12. The Morgan fingerprint density at radius 2 is 1.85 bits per heavy atom. The van der Waals surface area contributed by atoms with E-state index in [1.54, 1.807) is 25.6 Å². The maximum Gasteiger partial charge on any atom is 0.160 e. The first-order valence-corrected chi connectivity index (χ1v) is 8.36. The van der Waals surface area contributed by atoms with E-state index in [0.717, 1.165) is 36.6 Å². The lowest BCUT2D eigenvalue weighted by molar-refractivity contribution is 0.354. The van der Waals surface area contributed by atoms with Crippen molar-refractivity contribution in [2.45, 2.75) is 12.5 Å². The predicted molar refractivity (Wildman–Crippen MR) is 89.9 cm³/mol. The molecule has 0 fully saturated rings. The van der Waals surface area contributed by atoms with Gasteiger partial charge >= 0.3 is 0 Å². The van der Waals surface area contributed by atoms with Gasteiger partial charge in [-0.15, -0.1) is 11.3 Å². The first kappa shape index (κ1) is 15.8. The van der Waals surface area contributed by atoms with E-state index in [0.29, 0.717) is 0 Å². The average molecular weight is 421 g/mol. The minimum atomic E-state index is -0.0410. The zero-order valence-electron chi connectivity index (χ0n) is 11.2. The van der Waals surface area contributed by atoms with Gasteiger partial charge in [-0.25, -0.2) is 0 Å². The van der Waals surface area contributed by atoms with Crippen molar-refractivity contribution in [3.05, 3.63) is 43.0 Å². The summed E-state index contributed by atoms with van der Waals surface area (Å²) in [5.74, 6) is 1.46. The van der Waals surface area contributed by atoms with Crippen molar-refractivity contribution in [2.24, 2.45) is 5.73 Å². The molecule has 0 aliphatic heterocycles. The number of hydrogen-bond acceptors (Lipinski definition) is 4. The SMILES string of the molecule is COc1ccc(CC(N)c2cc(Br)c(Br)s2)cc1OC. The molecule has 2 rings (SSSR count). The first-order chi connectivity index (χ1) is 9.55. The van der Waals surface area contributed by atoms with E-state index in [9.17, 15) is 0 Å². The normalized spacial score (nSPS) is 12.2. The summed E-state index contributed by atoms with van der Waals surface area (Å²) < 4.78 is 12.6. The Kier molecular flexibility index (Phi) is 5.49. The molecule has 0 saturated carbocycles. The second kappa shape index (κ2) is 6.93. The van der Waals surface area contributed by atoms with Gasteiger partial charge in [0, 0.05) is 15.4 Å². The van der Waals surface area contributed by atoms with E-state index in [4.69, 9.17) is 15.2 Å². The third kappa shape index (κ3) is 3.55. The molecule has 0 radical (unpaired) electrons. The standard InChI is InChI=1S/C14H15Br2NO2S/c1-18-11-4-3-8(6-12(11)19-2)5-10(17)13-7-9(15)14(16)20-13/h3-4,6-7,10H,5,17H2,1-2H3. The maximum absolute atomic E-state index is 6.27. The van der Waals surface area contributed by atoms with Crippen LogP contribution >= 0.6 is 43.2 Å². The van der Waals surface area contributed by atoms with Gasteiger partial charge in [-0.3, -0.25) is 0 Å². The van der Waals surface area contributed by atoms with Gasteiger partial charge in [0.1, 0.15) is 0 Å². The van der Waals surface area contributed by atoms with Crippen LogP contribution < -0.4 is 15.2 Å². The first-order valence-electron chi connectivity index (χ1n) is 5.96. The van der Waals surface area contributed by atoms with E-state index in [2.05, 4.69) is 37.9 Å². The lowest BCUT2D eigenvalue weighted by Crippen LogP contribution is -2.11. The van der Waals surface area contributed by atoms with Crippen molar-refractivity contribution in [3.63, 3.8) is 0 Å². The number of hydrogen-bond donors (Lipinski definition) is 1. The van der Waals surface area contributed by atoms with Crippen molar-refractivity contribution in [3.8, 4) is 11.5 Å². The number of nitrogens with two attached hydrogens (primary N) is 1. The summed E-state index contributed by atoms with van der Waals surface area (Å²) >= 11 is 8.62. The lowest BCUT2D eigenvalue weighted by atomic mass is 10.0. The minimum absolute atomic E-state index is 0.0410. The highest BCUT2D eigenvalue weighted by Gasteiger charge is 2.14. The quantitative estimate of drug-likeness (QED) is 0.772. The van der Waals surface area contributed by atoms with Gasteiger partial charge < -0.3 is 15.2 Å². The van der Waals surface area contributed by atoms with E-state index in [-0.39, 0.29) is 6.04 Å². The van der Waals surface area contributed by atoms with E-state index < -0.39 is 0 Å². The van der Waals surface area contributed by atoms with Crippen LogP contribution in [0.5, 0.6) is 11.5 Å². The van der Waals surface area contributed by atoms with E-state index >= 15 is 0 Å². The van der Waals surface area contributed by atoms with Gasteiger partial charge in [0.15, 0.2) is 11.5 Å². The summed E-state index contributed by atoms with van der Waals surface area (Å²) in [6.45, 7) is 0. The van der Waals surface area contributed by atoms with Crippen molar-refractivity contribution < 1.29 is 9.47 Å². The highest BCUT2D eigenvalue weighted by Crippen LogP contribution is 2.36. The van der Waals surface area contributed by atoms with Crippen LogP contribution in [0, 0.1) is 0 Å². The Labute approximate surface area is 139 Å². The molecule has 108 valence electrons. The Morgan fingerprint density at radius 1 is 1.15 bits per heavy atom. The van der Waals surface area contributed by atoms with Gasteiger partial charge in [0.2, 0.25) is 0 Å². The third-order valence-electron chi connectivity index (χ3n) is 2.93. The second-order valence-corrected chi connectivity index (χ2v) is 7.53. The Balaban J connectivity index is 2.17. The van der Waals surface area contributed by atoms with Crippen LogP contribution in [0.2, 0.25) is 0 Å². The molecule has 0 aliphatic rings. The molecule has 0 amide bonds. The molecule has 1 aromatic carbocycles. The number of ether oxygens (including phenoxy) is 2. The molecule has 2 aromatic rings. The van der Waals surface area contributed by atoms with Crippen LogP contribution in [0.1, 0.15) is 16.5 Å². The molecular formula is C14H15Br2NO2S. The largest absolute Gasteiger partial charge is 0.493 e. The van der Waals surface area contributed by atoms with Crippen LogP contribution in [-0.2, 0) is 6.42 Å². The minimum Gasteiger partial charge on any atom is -0.493 e. The molecule has 0 aliphatic carbocycles. The van der Waals surface area contributed by atoms with Crippen molar-refractivity contribution in [2.75, 3.05) is 14.2 Å². The van der Waals surface area contributed by atoms with Gasteiger partial charge in [0.25, 0.3) is 0 Å². The molecule has 1 atom stereocenters. The molecular weight excluding hydrogens is 406 g/mol. The highest BCUT2D eigenvalue weighted by molar-refractivity contribution is 9.13. The Morgan fingerprint density at radius 3 is 2.40 bits per heavy atom. The maximum atomic E-state index is 6.27. The van der Waals surface area contributed by atoms with Gasteiger partial charge in [0.05, 0.1) is 18.0 Å². The summed E-state index contributed by atoms with van der Waals surface area (Å²) in [5, 5.41) is 0. The molecule has 0 spiro atoms. The number of halogens is 2. The molecule has 6 heteroatoms. The van der Waals surface area contributed by atoms with Crippen LogP contribution in [0.4, 0.5) is 0 Å². The number of methoxy groups -OCH3 is 2. The second-order valence-electron chi connectivity index (χ2n) is 4.27. The van der Waals surface area contributed by atoms with Crippen LogP contribution in [0.3, 0.4) is 0 Å². The molecule has 1 aromatic heterocycles. The topological polar surface area (TPSA) is 44.5 Å². The fourth-order valence-corrected chi connectivity index (χ4v) is 4.00. The zero-order chi connectivity index (χ0) is 14.7. The summed E-state index contributed by atoms with van der Waals surface area (Å²) in [6, 6.07) is 7.90. The van der Waals surface area contributed by atoms with E-state index in [1.165, 1.54) is 0 Å². The molecule has 0 saturated heterocycles. The molecule has 2 N–H and O–H groups in total. The molecule has 1 unspecified atom stereocenters. The molecule has 20 heavy (non-hydrogen) atoms. The van der Waals surface area contributed by atoms with Gasteiger partial charge in [-0.2, -0.15) is 0 Å². The predicted octanol–water partition coefficient (Wildman–Crippen LogP) is 4.53.